The van der Waals surface area contributed by atoms with Gasteiger partial charge in [-0.15, -0.1) is 0 Å². The lowest BCUT2D eigenvalue weighted by Crippen LogP contribution is -2.19. The van der Waals surface area contributed by atoms with Crippen LogP contribution in [0.25, 0.3) is 0 Å². The second kappa shape index (κ2) is 6.14. The van der Waals surface area contributed by atoms with Gasteiger partial charge in [0.05, 0.1) is 11.5 Å². The van der Waals surface area contributed by atoms with Crippen molar-refractivity contribution in [3.05, 3.63) is 0 Å². The summed E-state index contributed by atoms with van der Waals surface area (Å²) in [4.78, 5) is 0. The zero-order chi connectivity index (χ0) is 10.3. The highest BCUT2D eigenvalue weighted by Crippen LogP contribution is 2.22. The average Bonchev–Trinajstić information content (AvgIpc) is 2.12. The normalized spacial score (nSPS) is 11.7. The number of hydrogen-bond acceptors (Lipinski definition) is 3. The van der Waals surface area contributed by atoms with Crippen LogP contribution in [0.4, 0.5) is 0 Å². The predicted molar refractivity (Wildman–Crippen MR) is 54.6 cm³/mol. The van der Waals surface area contributed by atoms with Gasteiger partial charge in [0, 0.05) is 14.2 Å². The molecule has 0 N–H and O–H groups in total. The van der Waals surface area contributed by atoms with Gasteiger partial charge < -0.3 is 8.85 Å². The molecule has 0 aromatic heterocycles. The third kappa shape index (κ3) is 5.80. The monoisotopic (exact) mass is 201 g/mol. The van der Waals surface area contributed by atoms with E-state index >= 15 is 0 Å². The number of nitriles is 1. The third-order valence-electron chi connectivity index (χ3n) is 2.07. The molecule has 0 aliphatic carbocycles. The topological polar surface area (TPSA) is 42.2 Å². The Morgan fingerprint density at radius 3 is 2.23 bits per heavy atom. The molecule has 0 aromatic rings. The van der Waals surface area contributed by atoms with Crippen LogP contribution in [-0.2, 0) is 8.85 Å². The molecule has 3 nitrogen and oxygen atoms in total. The number of nitrogens with zero attached hydrogens (tertiary/aromatic N) is 1. The van der Waals surface area contributed by atoms with Crippen molar-refractivity contribution >= 4 is 9.28 Å². The van der Waals surface area contributed by atoms with Crippen LogP contribution in [0.1, 0.15) is 26.7 Å². The molecule has 76 valence electrons. The van der Waals surface area contributed by atoms with Gasteiger partial charge in [-0.1, -0.05) is 6.42 Å². The Labute approximate surface area is 82.5 Å². The molecule has 0 bridgehead atoms. The second-order valence-electron chi connectivity index (χ2n) is 3.79. The molecule has 0 radical (unpaired) electrons. The molecule has 0 heterocycles. The zero-order valence-corrected chi connectivity index (χ0v) is 10.1. The summed E-state index contributed by atoms with van der Waals surface area (Å²) in [6.45, 7) is 3.92. The largest absolute Gasteiger partial charge is 0.400 e. The van der Waals surface area contributed by atoms with Gasteiger partial charge in [-0.25, -0.2) is 0 Å². The highest BCUT2D eigenvalue weighted by atomic mass is 28.3. The lowest BCUT2D eigenvalue weighted by atomic mass is 9.90. The standard InChI is InChI=1S/C9H19NO2Si/c1-9(2,8-10)6-5-7-13(11-3)12-4/h13H,5-7H2,1-4H3. The second-order valence-corrected chi connectivity index (χ2v) is 6.17. The summed E-state index contributed by atoms with van der Waals surface area (Å²) < 4.78 is 10.4. The van der Waals surface area contributed by atoms with Crippen molar-refractivity contribution in [1.82, 2.24) is 0 Å². The molecule has 0 amide bonds. The van der Waals surface area contributed by atoms with Gasteiger partial charge in [0.2, 0.25) is 0 Å². The van der Waals surface area contributed by atoms with Gasteiger partial charge in [-0.2, -0.15) is 5.26 Å². The molecule has 0 atom stereocenters. The van der Waals surface area contributed by atoms with Crippen molar-refractivity contribution in [2.75, 3.05) is 14.2 Å². The van der Waals surface area contributed by atoms with Crippen molar-refractivity contribution in [2.24, 2.45) is 5.41 Å². The fourth-order valence-electron chi connectivity index (χ4n) is 1.10. The van der Waals surface area contributed by atoms with Gasteiger partial charge in [0.1, 0.15) is 0 Å². The Hall–Kier alpha value is -0.373. The minimum Gasteiger partial charge on any atom is -0.400 e. The molecular formula is C9H19NO2Si. The summed E-state index contributed by atoms with van der Waals surface area (Å²) in [5.41, 5.74) is -0.208. The Morgan fingerprint density at radius 2 is 1.85 bits per heavy atom. The van der Waals surface area contributed by atoms with Crippen molar-refractivity contribution in [3.63, 3.8) is 0 Å². The van der Waals surface area contributed by atoms with E-state index < -0.39 is 9.28 Å². The summed E-state index contributed by atoms with van der Waals surface area (Å²) in [7, 11) is 1.98. The lowest BCUT2D eigenvalue weighted by Gasteiger charge is -2.16. The first-order valence-corrected chi connectivity index (χ1v) is 6.28. The molecule has 0 aliphatic heterocycles. The van der Waals surface area contributed by atoms with Crippen LogP contribution >= 0.6 is 0 Å². The molecule has 0 rings (SSSR count). The zero-order valence-electron chi connectivity index (χ0n) is 8.96. The van der Waals surface area contributed by atoms with Gasteiger partial charge in [-0.3, -0.25) is 0 Å². The van der Waals surface area contributed by atoms with Crippen LogP contribution in [0.15, 0.2) is 0 Å². The fraction of sp³-hybridized carbons (Fsp3) is 0.889. The van der Waals surface area contributed by atoms with Crippen molar-refractivity contribution in [2.45, 2.75) is 32.7 Å². The molecule has 0 unspecified atom stereocenters. The van der Waals surface area contributed by atoms with E-state index in [-0.39, 0.29) is 5.41 Å². The van der Waals surface area contributed by atoms with Crippen LogP contribution in [0.2, 0.25) is 6.04 Å². The Kier molecular flexibility index (Phi) is 5.96. The smallest absolute Gasteiger partial charge is 0.320 e. The first-order valence-electron chi connectivity index (χ1n) is 4.52. The van der Waals surface area contributed by atoms with Crippen molar-refractivity contribution in [3.8, 4) is 6.07 Å². The fourth-order valence-corrected chi connectivity index (χ4v) is 2.30. The number of hydrogen-bond donors (Lipinski definition) is 0. The molecule has 0 fully saturated rings. The summed E-state index contributed by atoms with van der Waals surface area (Å²) in [5.74, 6) is 0. The first-order chi connectivity index (χ1) is 6.05. The Morgan fingerprint density at radius 1 is 1.31 bits per heavy atom. The van der Waals surface area contributed by atoms with E-state index in [0.717, 1.165) is 18.9 Å². The van der Waals surface area contributed by atoms with Gasteiger partial charge in [0.25, 0.3) is 0 Å². The number of rotatable bonds is 6. The first kappa shape index (κ1) is 12.6. The quantitative estimate of drug-likeness (QED) is 0.616. The van der Waals surface area contributed by atoms with E-state index in [1.54, 1.807) is 14.2 Å². The molecule has 0 saturated heterocycles. The van der Waals surface area contributed by atoms with Gasteiger partial charge in [-0.05, 0) is 26.3 Å². The third-order valence-corrected chi connectivity index (χ3v) is 4.00. The molecule has 0 saturated carbocycles. The van der Waals surface area contributed by atoms with E-state index in [2.05, 4.69) is 6.07 Å². The van der Waals surface area contributed by atoms with Crippen LogP contribution < -0.4 is 0 Å². The van der Waals surface area contributed by atoms with Crippen LogP contribution in [0.3, 0.4) is 0 Å². The van der Waals surface area contributed by atoms with E-state index in [1.807, 2.05) is 13.8 Å². The summed E-state index contributed by atoms with van der Waals surface area (Å²) in [6.07, 6.45) is 1.93. The maximum Gasteiger partial charge on any atom is 0.320 e. The summed E-state index contributed by atoms with van der Waals surface area (Å²) in [6, 6.07) is 3.27. The van der Waals surface area contributed by atoms with Crippen LogP contribution in [0, 0.1) is 16.7 Å². The molecule has 0 aromatic carbocycles. The van der Waals surface area contributed by atoms with E-state index in [4.69, 9.17) is 14.1 Å². The van der Waals surface area contributed by atoms with E-state index in [9.17, 15) is 0 Å². The predicted octanol–water partition coefficient (Wildman–Crippen LogP) is 1.83. The summed E-state index contributed by atoms with van der Waals surface area (Å²) in [5, 5.41) is 8.77. The maximum atomic E-state index is 8.77. The molecular weight excluding hydrogens is 182 g/mol. The van der Waals surface area contributed by atoms with Crippen LogP contribution in [-0.4, -0.2) is 23.5 Å². The minimum absolute atomic E-state index is 0.208. The van der Waals surface area contributed by atoms with Crippen molar-refractivity contribution < 1.29 is 8.85 Å². The molecule has 13 heavy (non-hydrogen) atoms. The highest BCUT2D eigenvalue weighted by molar-refractivity contribution is 6.44. The van der Waals surface area contributed by atoms with Crippen LogP contribution in [0.5, 0.6) is 0 Å². The molecule has 4 heteroatoms. The summed E-state index contributed by atoms with van der Waals surface area (Å²) >= 11 is 0. The SMILES string of the molecule is CO[SiH](CCCC(C)(C)C#N)OC. The average molecular weight is 201 g/mol. The molecule has 0 aliphatic rings. The Balaban J connectivity index is 3.62. The maximum absolute atomic E-state index is 8.77. The Bertz CT molecular complexity index is 173. The minimum atomic E-state index is -1.40. The van der Waals surface area contributed by atoms with Gasteiger partial charge >= 0.3 is 9.28 Å². The van der Waals surface area contributed by atoms with Gasteiger partial charge in [0.15, 0.2) is 0 Å². The van der Waals surface area contributed by atoms with Crippen molar-refractivity contribution in [1.29, 1.82) is 5.26 Å². The molecule has 0 spiro atoms. The van der Waals surface area contributed by atoms with E-state index in [0.29, 0.717) is 0 Å². The highest BCUT2D eigenvalue weighted by Gasteiger charge is 2.18. The lowest BCUT2D eigenvalue weighted by molar-refractivity contribution is 0.274. The van der Waals surface area contributed by atoms with E-state index in [1.165, 1.54) is 0 Å².